The van der Waals surface area contributed by atoms with Crippen molar-refractivity contribution in [2.24, 2.45) is 4.99 Å². The van der Waals surface area contributed by atoms with Gasteiger partial charge in [0.05, 0.1) is 30.1 Å². The van der Waals surface area contributed by atoms with Gasteiger partial charge >= 0.3 is 6.01 Å². The Morgan fingerprint density at radius 2 is 1.79 bits per heavy atom. The number of fused-ring (bicyclic) bond motifs is 1. The quantitative estimate of drug-likeness (QED) is 0.330. The summed E-state index contributed by atoms with van der Waals surface area (Å²) in [7, 11) is 0. The van der Waals surface area contributed by atoms with Gasteiger partial charge < -0.3 is 25.1 Å². The molecule has 198 valence electrons. The van der Waals surface area contributed by atoms with Gasteiger partial charge in [-0.2, -0.15) is 5.10 Å². The van der Waals surface area contributed by atoms with Crippen molar-refractivity contribution in [1.29, 1.82) is 0 Å². The number of carbonyl (C=O) groups is 1. The molecule has 2 fully saturated rings. The predicted octanol–water partition coefficient (Wildman–Crippen LogP) is 4.09. The summed E-state index contributed by atoms with van der Waals surface area (Å²) >= 11 is 0. The number of hydrogen-bond acceptors (Lipinski definition) is 9. The maximum atomic E-state index is 13.2. The van der Waals surface area contributed by atoms with E-state index in [1.165, 1.54) is 6.42 Å². The summed E-state index contributed by atoms with van der Waals surface area (Å²) in [5, 5.41) is 22.8. The first kappa shape index (κ1) is 23.6. The lowest BCUT2D eigenvalue weighted by molar-refractivity contribution is -0.116. The van der Waals surface area contributed by atoms with Crippen LogP contribution < -0.4 is 16.0 Å². The van der Waals surface area contributed by atoms with Crippen molar-refractivity contribution < 1.29 is 13.9 Å². The lowest BCUT2D eigenvalue weighted by atomic mass is 9.93. The monoisotopic (exact) mass is 524 g/mol. The molecule has 0 radical (unpaired) electrons. The van der Waals surface area contributed by atoms with E-state index in [9.17, 15) is 4.79 Å². The second-order valence-corrected chi connectivity index (χ2v) is 10.00. The molecule has 3 N–H and O–H groups in total. The van der Waals surface area contributed by atoms with Crippen LogP contribution in [-0.4, -0.2) is 57.0 Å². The van der Waals surface area contributed by atoms with E-state index in [4.69, 9.17) is 19.2 Å². The van der Waals surface area contributed by atoms with E-state index in [1.807, 2.05) is 65.5 Å². The van der Waals surface area contributed by atoms with Gasteiger partial charge in [-0.3, -0.25) is 9.48 Å². The molecule has 11 heteroatoms. The second-order valence-electron chi connectivity index (χ2n) is 10.00. The summed E-state index contributed by atoms with van der Waals surface area (Å²) in [6.45, 7) is 1.36. The van der Waals surface area contributed by atoms with Crippen molar-refractivity contribution in [2.75, 3.05) is 29.2 Å². The maximum absolute atomic E-state index is 13.2. The first-order valence-corrected chi connectivity index (χ1v) is 13.3. The molecule has 0 bridgehead atoms. The number of para-hydroxylation sites is 1. The number of hydrogen-bond donors (Lipinski definition) is 3. The molecule has 4 heterocycles. The Labute approximate surface area is 224 Å². The number of rotatable bonds is 7. The highest BCUT2D eigenvalue weighted by Crippen LogP contribution is 2.36. The molecule has 4 aromatic rings. The summed E-state index contributed by atoms with van der Waals surface area (Å²) < 4.78 is 13.5. The molecule has 1 saturated heterocycles. The Hall–Kier alpha value is -4.51. The Balaban J connectivity index is 1.19. The van der Waals surface area contributed by atoms with Crippen molar-refractivity contribution in [1.82, 2.24) is 20.0 Å². The van der Waals surface area contributed by atoms with Gasteiger partial charge in [0, 0.05) is 23.9 Å². The molecule has 1 aliphatic carbocycles. The Morgan fingerprint density at radius 1 is 0.949 bits per heavy atom. The van der Waals surface area contributed by atoms with Crippen LogP contribution in [0.25, 0.3) is 11.5 Å². The number of aliphatic imine (C=N–C) groups is 1. The minimum absolute atomic E-state index is 0.0961. The molecule has 1 amide bonds. The third-order valence-corrected chi connectivity index (χ3v) is 7.36. The minimum atomic E-state index is -0.980. The zero-order valence-corrected chi connectivity index (χ0v) is 21.2. The molecule has 2 aromatic carbocycles. The standard InChI is InChI=1S/C28H28N8O3/c37-26-25(31-23(17-7-2-1-3-8-17)20-11-4-5-12-22(20)30-26)32-28-34-33-27(39-28)21-15-36(19-9-6-10-19)35-24(21)29-18-13-14-38-16-18/h1-5,7-8,11-12,15,18-19,25H,6,9-10,13-14,16H2,(H,29,35)(H,30,37)(H,32,34)/t18-,25-/m1/s1. The van der Waals surface area contributed by atoms with Gasteiger partial charge in [0.1, 0.15) is 5.56 Å². The van der Waals surface area contributed by atoms with Crippen LogP contribution in [0, 0.1) is 0 Å². The highest BCUT2D eigenvalue weighted by Gasteiger charge is 2.29. The SMILES string of the molecule is O=C1Nc2ccccc2C(c2ccccc2)=N[C@@H]1Nc1nnc(-c2cn(C3CCC3)nc2N[C@@H]2CCOC2)o1. The van der Waals surface area contributed by atoms with Crippen molar-refractivity contribution in [3.05, 3.63) is 71.9 Å². The van der Waals surface area contributed by atoms with Crippen molar-refractivity contribution in [3.63, 3.8) is 0 Å². The number of ether oxygens (including phenoxy) is 1. The molecule has 2 atom stereocenters. The van der Waals surface area contributed by atoms with Crippen molar-refractivity contribution in [3.8, 4) is 11.5 Å². The average molecular weight is 525 g/mol. The first-order chi connectivity index (χ1) is 19.2. The zero-order valence-electron chi connectivity index (χ0n) is 21.2. The molecule has 2 aromatic heterocycles. The van der Waals surface area contributed by atoms with E-state index in [2.05, 4.69) is 26.1 Å². The highest BCUT2D eigenvalue weighted by atomic mass is 16.5. The third kappa shape index (κ3) is 4.65. The molecule has 39 heavy (non-hydrogen) atoms. The number of amides is 1. The lowest BCUT2D eigenvalue weighted by Crippen LogP contribution is -2.32. The first-order valence-electron chi connectivity index (χ1n) is 13.3. The Bertz CT molecular complexity index is 1520. The average Bonchev–Trinajstić information content (AvgIpc) is 3.67. The van der Waals surface area contributed by atoms with E-state index >= 15 is 0 Å². The molecule has 0 unspecified atom stereocenters. The Kier molecular flexibility index (Phi) is 6.04. The smallest absolute Gasteiger partial charge is 0.317 e. The van der Waals surface area contributed by atoms with E-state index in [1.54, 1.807) is 0 Å². The lowest BCUT2D eigenvalue weighted by Gasteiger charge is -2.25. The summed E-state index contributed by atoms with van der Waals surface area (Å²) in [5.41, 5.74) is 3.84. The normalized spacial score (nSPS) is 20.9. The molecule has 7 rings (SSSR count). The number of nitrogens with one attached hydrogen (secondary N) is 3. The molecular formula is C28H28N8O3. The highest BCUT2D eigenvalue weighted by molar-refractivity contribution is 6.19. The Morgan fingerprint density at radius 3 is 2.59 bits per heavy atom. The number of benzene rings is 2. The van der Waals surface area contributed by atoms with Gasteiger partial charge in [-0.25, -0.2) is 4.99 Å². The summed E-state index contributed by atoms with van der Waals surface area (Å²) in [5.74, 6) is 0.684. The summed E-state index contributed by atoms with van der Waals surface area (Å²) in [6, 6.07) is 18.0. The number of aromatic nitrogens is 4. The van der Waals surface area contributed by atoms with Gasteiger partial charge in [-0.1, -0.05) is 53.6 Å². The van der Waals surface area contributed by atoms with Gasteiger partial charge in [-0.05, 0) is 31.7 Å². The molecule has 3 aliphatic rings. The van der Waals surface area contributed by atoms with Crippen LogP contribution in [0.15, 0.2) is 70.2 Å². The molecule has 11 nitrogen and oxygen atoms in total. The molecule has 1 saturated carbocycles. The van der Waals surface area contributed by atoms with Crippen LogP contribution in [0.5, 0.6) is 0 Å². The number of anilines is 3. The third-order valence-electron chi connectivity index (χ3n) is 7.36. The van der Waals surface area contributed by atoms with Crippen LogP contribution in [0.3, 0.4) is 0 Å². The number of carbonyl (C=O) groups excluding carboxylic acids is 1. The van der Waals surface area contributed by atoms with E-state index < -0.39 is 6.17 Å². The van der Waals surface area contributed by atoms with Crippen LogP contribution in [-0.2, 0) is 9.53 Å². The van der Waals surface area contributed by atoms with Gasteiger partial charge in [-0.15, -0.1) is 5.10 Å². The molecule has 2 aliphatic heterocycles. The zero-order chi connectivity index (χ0) is 26.2. The fraction of sp³-hybridized carbons (Fsp3) is 0.321. The van der Waals surface area contributed by atoms with Crippen molar-refractivity contribution >= 4 is 29.1 Å². The van der Waals surface area contributed by atoms with Gasteiger partial charge in [0.15, 0.2) is 5.82 Å². The van der Waals surface area contributed by atoms with E-state index in [-0.39, 0.29) is 18.0 Å². The van der Waals surface area contributed by atoms with Crippen molar-refractivity contribution in [2.45, 2.75) is 43.9 Å². The van der Waals surface area contributed by atoms with E-state index in [0.29, 0.717) is 35.8 Å². The minimum Gasteiger partial charge on any atom is -0.403 e. The largest absolute Gasteiger partial charge is 0.403 e. The maximum Gasteiger partial charge on any atom is 0.317 e. The fourth-order valence-electron chi connectivity index (χ4n) is 5.02. The number of benzodiazepines with no additional fused rings is 1. The topological polar surface area (TPSA) is 131 Å². The van der Waals surface area contributed by atoms with Gasteiger partial charge in [0.2, 0.25) is 6.17 Å². The van der Waals surface area contributed by atoms with Crippen LogP contribution in [0.2, 0.25) is 0 Å². The van der Waals surface area contributed by atoms with E-state index in [0.717, 1.165) is 42.6 Å². The second kappa shape index (κ2) is 9.99. The molecular weight excluding hydrogens is 496 g/mol. The summed E-state index contributed by atoms with van der Waals surface area (Å²) in [6.07, 6.45) is 5.29. The van der Waals surface area contributed by atoms with Crippen LogP contribution in [0.4, 0.5) is 17.5 Å². The fourth-order valence-corrected chi connectivity index (χ4v) is 5.02. The van der Waals surface area contributed by atoms with Crippen LogP contribution >= 0.6 is 0 Å². The van der Waals surface area contributed by atoms with Crippen LogP contribution in [0.1, 0.15) is 42.9 Å². The molecule has 0 spiro atoms. The predicted molar refractivity (Wildman–Crippen MR) is 146 cm³/mol. The number of nitrogens with zero attached hydrogens (tertiary/aromatic N) is 5. The van der Waals surface area contributed by atoms with Gasteiger partial charge in [0.25, 0.3) is 11.8 Å². The summed E-state index contributed by atoms with van der Waals surface area (Å²) in [4.78, 5) is 18.0.